The predicted octanol–water partition coefficient (Wildman–Crippen LogP) is 3.47. The number of hydrogen-bond donors (Lipinski definition) is 1. The molecule has 2 rings (SSSR count). The van der Waals surface area contributed by atoms with E-state index in [-0.39, 0.29) is 5.02 Å². The van der Waals surface area contributed by atoms with Gasteiger partial charge in [-0.2, -0.15) is 5.10 Å². The first kappa shape index (κ1) is 15.0. The van der Waals surface area contributed by atoms with E-state index in [4.69, 9.17) is 11.6 Å². The molecule has 0 fully saturated rings. The zero-order valence-corrected chi connectivity index (χ0v) is 12.5. The maximum Gasteiger partial charge on any atom is 0.141 e. The van der Waals surface area contributed by atoms with Crippen LogP contribution in [-0.2, 0) is 13.1 Å². The van der Waals surface area contributed by atoms with Gasteiger partial charge in [-0.25, -0.2) is 4.39 Å². The molecule has 0 saturated carbocycles. The SMILES string of the molecule is CC(C)CNCc1ccnn1Cc1ccc(F)c(Cl)c1. The van der Waals surface area contributed by atoms with Crippen LogP contribution in [0.5, 0.6) is 0 Å². The van der Waals surface area contributed by atoms with Crippen LogP contribution in [-0.4, -0.2) is 16.3 Å². The van der Waals surface area contributed by atoms with Crippen LogP contribution in [0.2, 0.25) is 5.02 Å². The monoisotopic (exact) mass is 295 g/mol. The molecule has 0 spiro atoms. The Bertz CT molecular complexity index is 566. The maximum atomic E-state index is 13.1. The highest BCUT2D eigenvalue weighted by atomic mass is 35.5. The topological polar surface area (TPSA) is 29.9 Å². The van der Waals surface area contributed by atoms with Gasteiger partial charge in [-0.3, -0.25) is 4.68 Å². The van der Waals surface area contributed by atoms with Crippen LogP contribution in [0.4, 0.5) is 4.39 Å². The van der Waals surface area contributed by atoms with E-state index in [1.165, 1.54) is 6.07 Å². The van der Waals surface area contributed by atoms with Crippen molar-refractivity contribution in [3.63, 3.8) is 0 Å². The van der Waals surface area contributed by atoms with E-state index < -0.39 is 5.82 Å². The van der Waals surface area contributed by atoms with Gasteiger partial charge in [0.25, 0.3) is 0 Å². The van der Waals surface area contributed by atoms with Crippen molar-refractivity contribution in [3.8, 4) is 0 Å². The van der Waals surface area contributed by atoms with Gasteiger partial charge >= 0.3 is 0 Å². The summed E-state index contributed by atoms with van der Waals surface area (Å²) in [5.74, 6) is 0.219. The molecule has 3 nitrogen and oxygen atoms in total. The minimum Gasteiger partial charge on any atom is -0.311 e. The van der Waals surface area contributed by atoms with Crippen molar-refractivity contribution in [3.05, 3.63) is 52.6 Å². The number of rotatable bonds is 6. The fourth-order valence-corrected chi connectivity index (χ4v) is 2.16. The minimum atomic E-state index is -0.394. The Morgan fingerprint density at radius 3 is 2.85 bits per heavy atom. The molecular formula is C15H19ClFN3. The lowest BCUT2D eigenvalue weighted by molar-refractivity contribution is 0.529. The van der Waals surface area contributed by atoms with Gasteiger partial charge < -0.3 is 5.32 Å². The maximum absolute atomic E-state index is 13.1. The molecule has 0 aliphatic heterocycles. The summed E-state index contributed by atoms with van der Waals surface area (Å²) in [6, 6.07) is 6.74. The number of nitrogens with one attached hydrogen (secondary N) is 1. The van der Waals surface area contributed by atoms with Gasteiger partial charge in [0, 0.05) is 12.7 Å². The molecule has 0 aliphatic carbocycles. The average Bonchev–Trinajstić information content (AvgIpc) is 2.81. The van der Waals surface area contributed by atoms with E-state index in [2.05, 4.69) is 24.3 Å². The highest BCUT2D eigenvalue weighted by Gasteiger charge is 2.06. The molecule has 0 radical (unpaired) electrons. The summed E-state index contributed by atoms with van der Waals surface area (Å²) in [5.41, 5.74) is 2.04. The van der Waals surface area contributed by atoms with Crippen LogP contribution in [0.1, 0.15) is 25.1 Å². The molecule has 1 aromatic heterocycles. The van der Waals surface area contributed by atoms with Crippen molar-refractivity contribution in [2.45, 2.75) is 26.9 Å². The summed E-state index contributed by atoms with van der Waals surface area (Å²) >= 11 is 5.80. The third kappa shape index (κ3) is 4.05. The van der Waals surface area contributed by atoms with Crippen LogP contribution in [0.15, 0.2) is 30.5 Å². The Balaban J connectivity index is 2.02. The molecule has 0 saturated heterocycles. The van der Waals surface area contributed by atoms with Gasteiger partial charge in [-0.1, -0.05) is 31.5 Å². The molecule has 0 bridgehead atoms. The molecule has 20 heavy (non-hydrogen) atoms. The van der Waals surface area contributed by atoms with Crippen LogP contribution >= 0.6 is 11.6 Å². The third-order valence-corrected chi connectivity index (χ3v) is 3.27. The highest BCUT2D eigenvalue weighted by Crippen LogP contribution is 2.17. The van der Waals surface area contributed by atoms with Gasteiger partial charge in [-0.15, -0.1) is 0 Å². The standard InChI is InChI=1S/C15H19ClFN3/c1-11(2)8-18-9-13-5-6-19-20(13)10-12-3-4-15(17)14(16)7-12/h3-7,11,18H,8-10H2,1-2H3. The Kier molecular flexibility index (Phi) is 5.15. The first-order valence-corrected chi connectivity index (χ1v) is 7.09. The summed E-state index contributed by atoms with van der Waals surface area (Å²) in [5, 5.41) is 7.84. The largest absolute Gasteiger partial charge is 0.311 e. The first-order valence-electron chi connectivity index (χ1n) is 6.71. The summed E-state index contributed by atoms with van der Waals surface area (Å²) < 4.78 is 15.0. The molecular weight excluding hydrogens is 277 g/mol. The molecule has 0 unspecified atom stereocenters. The van der Waals surface area contributed by atoms with Crippen molar-refractivity contribution in [2.75, 3.05) is 6.54 Å². The quantitative estimate of drug-likeness (QED) is 0.884. The second-order valence-corrected chi connectivity index (χ2v) is 5.66. The van der Waals surface area contributed by atoms with Crippen LogP contribution in [0.25, 0.3) is 0 Å². The summed E-state index contributed by atoms with van der Waals surface area (Å²) in [4.78, 5) is 0. The number of hydrogen-bond acceptors (Lipinski definition) is 2. The van der Waals surface area contributed by atoms with E-state index in [1.54, 1.807) is 18.3 Å². The van der Waals surface area contributed by atoms with Crippen molar-refractivity contribution >= 4 is 11.6 Å². The molecule has 2 aromatic rings. The predicted molar refractivity (Wildman–Crippen MR) is 79.3 cm³/mol. The molecule has 1 aromatic carbocycles. The highest BCUT2D eigenvalue weighted by molar-refractivity contribution is 6.30. The molecule has 1 heterocycles. The summed E-state index contributed by atoms with van der Waals surface area (Å²) in [7, 11) is 0. The van der Waals surface area contributed by atoms with E-state index in [0.717, 1.165) is 24.3 Å². The van der Waals surface area contributed by atoms with E-state index in [1.807, 2.05) is 10.7 Å². The number of aromatic nitrogens is 2. The second kappa shape index (κ2) is 6.86. The van der Waals surface area contributed by atoms with Gasteiger partial charge in [0.1, 0.15) is 5.82 Å². The molecule has 0 atom stereocenters. The van der Waals surface area contributed by atoms with Gasteiger partial charge in [0.2, 0.25) is 0 Å². The van der Waals surface area contributed by atoms with E-state index >= 15 is 0 Å². The van der Waals surface area contributed by atoms with E-state index in [0.29, 0.717) is 12.5 Å². The zero-order valence-electron chi connectivity index (χ0n) is 11.7. The normalized spacial score (nSPS) is 11.2. The first-order chi connectivity index (χ1) is 9.56. The van der Waals surface area contributed by atoms with Gasteiger partial charge in [0.15, 0.2) is 0 Å². The molecule has 0 amide bonds. The Morgan fingerprint density at radius 2 is 2.15 bits per heavy atom. The Hall–Kier alpha value is -1.39. The van der Waals surface area contributed by atoms with Crippen molar-refractivity contribution < 1.29 is 4.39 Å². The smallest absolute Gasteiger partial charge is 0.141 e. The van der Waals surface area contributed by atoms with Crippen LogP contribution < -0.4 is 5.32 Å². The molecule has 1 N–H and O–H groups in total. The van der Waals surface area contributed by atoms with Crippen LogP contribution in [0, 0.1) is 11.7 Å². The van der Waals surface area contributed by atoms with Crippen molar-refractivity contribution in [1.29, 1.82) is 0 Å². The Morgan fingerprint density at radius 1 is 1.35 bits per heavy atom. The number of nitrogens with zero attached hydrogens (tertiary/aromatic N) is 2. The zero-order chi connectivity index (χ0) is 14.5. The van der Waals surface area contributed by atoms with Crippen molar-refractivity contribution in [2.24, 2.45) is 5.92 Å². The fourth-order valence-electron chi connectivity index (χ4n) is 1.95. The number of benzene rings is 1. The van der Waals surface area contributed by atoms with E-state index in [9.17, 15) is 4.39 Å². The fraction of sp³-hybridized carbons (Fsp3) is 0.400. The lowest BCUT2D eigenvalue weighted by Gasteiger charge is -2.10. The number of halogens is 2. The molecule has 0 aliphatic rings. The third-order valence-electron chi connectivity index (χ3n) is 2.98. The van der Waals surface area contributed by atoms with Gasteiger partial charge in [-0.05, 0) is 36.2 Å². The van der Waals surface area contributed by atoms with Crippen molar-refractivity contribution in [1.82, 2.24) is 15.1 Å². The molecule has 108 valence electrons. The summed E-state index contributed by atoms with van der Waals surface area (Å²) in [6.07, 6.45) is 1.78. The minimum absolute atomic E-state index is 0.147. The van der Waals surface area contributed by atoms with Crippen LogP contribution in [0.3, 0.4) is 0 Å². The summed E-state index contributed by atoms with van der Waals surface area (Å²) in [6.45, 7) is 6.67. The second-order valence-electron chi connectivity index (χ2n) is 5.25. The molecule has 5 heteroatoms. The Labute approximate surface area is 123 Å². The average molecular weight is 296 g/mol. The lowest BCUT2D eigenvalue weighted by atomic mass is 10.2. The lowest BCUT2D eigenvalue weighted by Crippen LogP contribution is -2.21. The van der Waals surface area contributed by atoms with Gasteiger partial charge in [0.05, 0.1) is 17.3 Å².